The van der Waals surface area contributed by atoms with Crippen LogP contribution < -0.4 is 5.32 Å². The molecule has 3 fully saturated rings. The summed E-state index contributed by atoms with van der Waals surface area (Å²) in [5.74, 6) is -0.181. The molecule has 3 aliphatic rings. The summed E-state index contributed by atoms with van der Waals surface area (Å²) in [7, 11) is 0. The Hall–Kier alpha value is -0.850. The molecule has 2 aliphatic heterocycles. The monoisotopic (exact) mass is 326 g/mol. The molecule has 0 radical (unpaired) electrons. The van der Waals surface area contributed by atoms with Crippen LogP contribution in [0.1, 0.15) is 39.5 Å². The zero-order chi connectivity index (χ0) is 16.3. The van der Waals surface area contributed by atoms with Crippen molar-refractivity contribution < 1.29 is 19.0 Å². The maximum atomic E-state index is 12.5. The normalized spacial score (nSPS) is 27.3. The summed E-state index contributed by atoms with van der Waals surface area (Å²) in [4.78, 5) is 14.4. The number of amides is 2. The van der Waals surface area contributed by atoms with Crippen LogP contribution >= 0.6 is 0 Å². The molecular formula is C17H30N2O4. The van der Waals surface area contributed by atoms with Crippen LogP contribution in [0.5, 0.6) is 0 Å². The highest BCUT2D eigenvalue weighted by atomic mass is 16.7. The predicted octanol–water partition coefficient (Wildman–Crippen LogP) is 1.99. The van der Waals surface area contributed by atoms with Gasteiger partial charge in [-0.15, -0.1) is 0 Å². The first-order valence-corrected chi connectivity index (χ1v) is 8.89. The molecule has 3 rings (SSSR count). The minimum atomic E-state index is -0.490. The van der Waals surface area contributed by atoms with Crippen LogP contribution in [0.4, 0.5) is 4.79 Å². The lowest BCUT2D eigenvalue weighted by molar-refractivity contribution is -0.153. The Morgan fingerprint density at radius 3 is 2.65 bits per heavy atom. The van der Waals surface area contributed by atoms with Crippen molar-refractivity contribution in [2.45, 2.75) is 45.3 Å². The van der Waals surface area contributed by atoms with Crippen LogP contribution in [0.2, 0.25) is 0 Å². The van der Waals surface area contributed by atoms with Crippen LogP contribution in [0.25, 0.3) is 0 Å². The summed E-state index contributed by atoms with van der Waals surface area (Å²) < 4.78 is 17.0. The minimum absolute atomic E-state index is 0.0343. The number of hydrogen-bond donors (Lipinski definition) is 1. The van der Waals surface area contributed by atoms with E-state index in [1.807, 2.05) is 11.8 Å². The second kappa shape index (κ2) is 6.95. The second-order valence-corrected chi connectivity index (χ2v) is 7.65. The minimum Gasteiger partial charge on any atom is -0.379 e. The van der Waals surface area contributed by atoms with Crippen molar-refractivity contribution in [2.24, 2.45) is 11.3 Å². The molecule has 0 aromatic rings. The van der Waals surface area contributed by atoms with Gasteiger partial charge in [0.15, 0.2) is 5.79 Å². The molecule has 23 heavy (non-hydrogen) atoms. The standard InChI is InChI=1S/C17H30N2O4/c1-14(10-16(2)22-8-9-23-16)11-18-15(20)19-6-7-21-13-17(12-19)4-3-5-17/h14H,3-13H2,1-2H3,(H,18,20)/t14-/m0/s1. The van der Waals surface area contributed by atoms with Gasteiger partial charge in [-0.25, -0.2) is 4.79 Å². The second-order valence-electron chi connectivity index (χ2n) is 7.65. The summed E-state index contributed by atoms with van der Waals surface area (Å²) in [5, 5.41) is 3.08. The highest BCUT2D eigenvalue weighted by Gasteiger charge is 2.41. The van der Waals surface area contributed by atoms with Gasteiger partial charge in [-0.1, -0.05) is 13.3 Å². The van der Waals surface area contributed by atoms with Gasteiger partial charge in [0.1, 0.15) is 0 Å². The van der Waals surface area contributed by atoms with Crippen molar-refractivity contribution in [1.82, 2.24) is 10.2 Å². The van der Waals surface area contributed by atoms with E-state index in [4.69, 9.17) is 14.2 Å². The number of carbonyl (C=O) groups excluding carboxylic acids is 1. The molecule has 1 spiro atoms. The highest BCUT2D eigenvalue weighted by molar-refractivity contribution is 5.74. The molecule has 2 amide bonds. The molecule has 2 heterocycles. The maximum absolute atomic E-state index is 12.5. The average Bonchev–Trinajstić information content (AvgIpc) is 2.77. The zero-order valence-corrected chi connectivity index (χ0v) is 14.4. The molecule has 0 unspecified atom stereocenters. The molecule has 0 aromatic heterocycles. The lowest BCUT2D eigenvalue weighted by Crippen LogP contribution is -2.49. The topological polar surface area (TPSA) is 60.0 Å². The fourth-order valence-corrected chi connectivity index (χ4v) is 3.90. The fraction of sp³-hybridized carbons (Fsp3) is 0.941. The number of nitrogens with one attached hydrogen (secondary N) is 1. The van der Waals surface area contributed by atoms with E-state index in [-0.39, 0.29) is 11.4 Å². The Bertz CT molecular complexity index is 419. The Morgan fingerprint density at radius 2 is 2.00 bits per heavy atom. The highest BCUT2D eigenvalue weighted by Crippen LogP contribution is 2.42. The van der Waals surface area contributed by atoms with Crippen LogP contribution in [0, 0.1) is 11.3 Å². The van der Waals surface area contributed by atoms with E-state index in [0.29, 0.717) is 38.8 Å². The van der Waals surface area contributed by atoms with Crippen molar-refractivity contribution in [3.63, 3.8) is 0 Å². The molecule has 0 aromatic carbocycles. The smallest absolute Gasteiger partial charge is 0.317 e. The Kier molecular flexibility index (Phi) is 5.13. The van der Waals surface area contributed by atoms with Crippen molar-refractivity contribution in [3.8, 4) is 0 Å². The Morgan fingerprint density at radius 1 is 1.26 bits per heavy atom. The molecule has 1 aliphatic carbocycles. The molecule has 6 nitrogen and oxygen atoms in total. The molecular weight excluding hydrogens is 296 g/mol. The molecule has 0 bridgehead atoms. The van der Waals surface area contributed by atoms with Gasteiger partial charge in [0.25, 0.3) is 0 Å². The van der Waals surface area contributed by atoms with Gasteiger partial charge in [0.2, 0.25) is 0 Å². The number of rotatable bonds is 4. The fourth-order valence-electron chi connectivity index (χ4n) is 3.90. The van der Waals surface area contributed by atoms with Gasteiger partial charge in [0.05, 0.1) is 26.4 Å². The zero-order valence-electron chi connectivity index (χ0n) is 14.4. The molecule has 1 N–H and O–H groups in total. The van der Waals surface area contributed by atoms with Crippen molar-refractivity contribution in [3.05, 3.63) is 0 Å². The lowest BCUT2D eigenvalue weighted by Gasteiger charge is -2.42. The number of urea groups is 1. The Labute approximate surface area is 138 Å². The molecule has 6 heteroatoms. The summed E-state index contributed by atoms with van der Waals surface area (Å²) in [6.45, 7) is 9.02. The van der Waals surface area contributed by atoms with Gasteiger partial charge in [-0.3, -0.25) is 0 Å². The van der Waals surface area contributed by atoms with E-state index in [1.54, 1.807) is 0 Å². The summed E-state index contributed by atoms with van der Waals surface area (Å²) in [6.07, 6.45) is 4.41. The first-order valence-electron chi connectivity index (χ1n) is 8.89. The van der Waals surface area contributed by atoms with Crippen LogP contribution in [0.15, 0.2) is 0 Å². The summed E-state index contributed by atoms with van der Waals surface area (Å²) in [5.41, 5.74) is 0.221. The predicted molar refractivity (Wildman–Crippen MR) is 86.2 cm³/mol. The third-order valence-corrected chi connectivity index (χ3v) is 5.36. The summed E-state index contributed by atoms with van der Waals surface area (Å²) >= 11 is 0. The number of nitrogens with zero attached hydrogens (tertiary/aromatic N) is 1. The first-order chi connectivity index (χ1) is 11.0. The van der Waals surface area contributed by atoms with Crippen LogP contribution in [-0.2, 0) is 14.2 Å². The van der Waals surface area contributed by atoms with Crippen LogP contribution in [-0.4, -0.2) is 62.8 Å². The van der Waals surface area contributed by atoms with E-state index in [1.165, 1.54) is 19.3 Å². The quantitative estimate of drug-likeness (QED) is 0.858. The van der Waals surface area contributed by atoms with Gasteiger partial charge < -0.3 is 24.4 Å². The summed E-state index contributed by atoms with van der Waals surface area (Å²) in [6, 6.07) is 0.0343. The van der Waals surface area contributed by atoms with Gasteiger partial charge in [-0.05, 0) is 25.7 Å². The number of carbonyl (C=O) groups is 1. The van der Waals surface area contributed by atoms with E-state index in [9.17, 15) is 4.79 Å². The van der Waals surface area contributed by atoms with Crippen molar-refractivity contribution in [2.75, 3.05) is 46.1 Å². The third-order valence-electron chi connectivity index (χ3n) is 5.36. The SMILES string of the molecule is C[C@H](CNC(=O)N1CCOCC2(CCC2)C1)CC1(C)OCCO1. The van der Waals surface area contributed by atoms with E-state index in [0.717, 1.165) is 19.6 Å². The van der Waals surface area contributed by atoms with Gasteiger partial charge in [0, 0.05) is 31.5 Å². The Balaban J connectivity index is 1.44. The average molecular weight is 326 g/mol. The lowest BCUT2D eigenvalue weighted by atomic mass is 9.69. The van der Waals surface area contributed by atoms with Crippen LogP contribution in [0.3, 0.4) is 0 Å². The number of ether oxygens (including phenoxy) is 3. The van der Waals surface area contributed by atoms with Gasteiger partial charge in [-0.2, -0.15) is 0 Å². The van der Waals surface area contributed by atoms with E-state index >= 15 is 0 Å². The molecule has 1 atom stereocenters. The number of hydrogen-bond acceptors (Lipinski definition) is 4. The first kappa shape index (κ1) is 17.0. The molecule has 1 saturated carbocycles. The van der Waals surface area contributed by atoms with Gasteiger partial charge >= 0.3 is 6.03 Å². The maximum Gasteiger partial charge on any atom is 0.317 e. The molecule has 2 saturated heterocycles. The van der Waals surface area contributed by atoms with E-state index < -0.39 is 5.79 Å². The largest absolute Gasteiger partial charge is 0.379 e. The van der Waals surface area contributed by atoms with Crippen molar-refractivity contribution in [1.29, 1.82) is 0 Å². The van der Waals surface area contributed by atoms with E-state index in [2.05, 4.69) is 12.2 Å². The third kappa shape index (κ3) is 4.17. The van der Waals surface area contributed by atoms with Crippen molar-refractivity contribution >= 4 is 6.03 Å². The molecule has 132 valence electrons.